The topological polar surface area (TPSA) is 65.1 Å². The first kappa shape index (κ1) is 14.4. The quantitative estimate of drug-likeness (QED) is 0.431. The van der Waals surface area contributed by atoms with E-state index in [4.69, 9.17) is 9.47 Å². The highest BCUT2D eigenvalue weighted by molar-refractivity contribution is 5.87. The molecule has 0 amide bonds. The molecule has 0 radical (unpaired) electrons. The Hall–Kier alpha value is -1.62. The zero-order valence-corrected chi connectivity index (χ0v) is 10.7. The van der Waals surface area contributed by atoms with Gasteiger partial charge in [-0.3, -0.25) is 0 Å². The van der Waals surface area contributed by atoms with Crippen LogP contribution >= 0.6 is 0 Å². The third-order valence-electron chi connectivity index (χ3n) is 2.68. The van der Waals surface area contributed by atoms with E-state index >= 15 is 0 Å². The fraction of sp³-hybridized carbons (Fsp3) is 0.538. The molecule has 1 unspecified atom stereocenters. The maximum atomic E-state index is 11.2. The van der Waals surface area contributed by atoms with Crippen molar-refractivity contribution in [1.82, 2.24) is 0 Å². The first-order chi connectivity index (χ1) is 8.45. The first-order valence-electron chi connectivity index (χ1n) is 5.66. The summed E-state index contributed by atoms with van der Waals surface area (Å²) in [5.41, 5.74) is 0.192. The molecule has 5 heteroatoms. The van der Waals surface area contributed by atoms with Gasteiger partial charge in [-0.15, -0.1) is 0 Å². The van der Waals surface area contributed by atoms with Crippen molar-refractivity contribution < 1.29 is 23.8 Å². The highest BCUT2D eigenvalue weighted by Gasteiger charge is 2.59. The highest BCUT2D eigenvalue weighted by Crippen LogP contribution is 2.48. The Bertz CT molecular complexity index is 364. The molecule has 1 atom stereocenters. The zero-order chi connectivity index (χ0) is 13.8. The predicted molar refractivity (Wildman–Crippen MR) is 64.8 cm³/mol. The maximum Gasteiger partial charge on any atom is 0.333 e. The third-order valence-corrected chi connectivity index (χ3v) is 2.68. The molecule has 0 aromatic rings. The monoisotopic (exact) mass is 254 g/mol. The van der Waals surface area contributed by atoms with Crippen LogP contribution in [0.25, 0.3) is 0 Å². The van der Waals surface area contributed by atoms with E-state index in [2.05, 4.69) is 17.9 Å². The summed E-state index contributed by atoms with van der Waals surface area (Å²) in [7, 11) is 1.31. The average molecular weight is 254 g/mol. The molecule has 1 aliphatic carbocycles. The van der Waals surface area contributed by atoms with Gasteiger partial charge in [0.15, 0.2) is 0 Å². The summed E-state index contributed by atoms with van der Waals surface area (Å²) < 4.78 is 14.5. The summed E-state index contributed by atoms with van der Waals surface area (Å²) in [4.78, 5) is 21.0. The third kappa shape index (κ3) is 4.00. The minimum Gasteiger partial charge on any atom is -0.466 e. The van der Waals surface area contributed by atoms with Gasteiger partial charge < -0.3 is 14.2 Å². The van der Waals surface area contributed by atoms with Crippen molar-refractivity contribution >= 4 is 11.9 Å². The molecule has 0 aromatic heterocycles. The lowest BCUT2D eigenvalue weighted by Crippen LogP contribution is -2.25. The van der Waals surface area contributed by atoms with Crippen molar-refractivity contribution in [2.24, 2.45) is 0 Å². The molecule has 2 aliphatic rings. The van der Waals surface area contributed by atoms with Gasteiger partial charge in [0.25, 0.3) is 0 Å². The molecule has 100 valence electrons. The Morgan fingerprint density at radius 1 is 1.44 bits per heavy atom. The number of esters is 2. The molecule has 1 saturated heterocycles. The Morgan fingerprint density at radius 2 is 2.00 bits per heavy atom. The second-order valence-electron chi connectivity index (χ2n) is 4.28. The van der Waals surface area contributed by atoms with Crippen LogP contribution in [0.1, 0.15) is 19.8 Å². The number of hydrogen-bond donors (Lipinski definition) is 0. The van der Waals surface area contributed by atoms with E-state index in [1.54, 1.807) is 6.92 Å². The van der Waals surface area contributed by atoms with E-state index in [1.807, 2.05) is 0 Å². The second kappa shape index (κ2) is 5.82. The SMILES string of the molecule is C=C(C)C(=O)OC1(C2CO2)CC1.C=CC(=O)OC. The molecule has 18 heavy (non-hydrogen) atoms. The lowest BCUT2D eigenvalue weighted by Gasteiger charge is -2.13. The van der Waals surface area contributed by atoms with E-state index in [1.165, 1.54) is 7.11 Å². The summed E-state index contributed by atoms with van der Waals surface area (Å²) in [6.07, 6.45) is 3.16. The maximum absolute atomic E-state index is 11.2. The normalized spacial score (nSPS) is 21.8. The molecule has 2 rings (SSSR count). The average Bonchev–Trinajstić information content (AvgIpc) is 3.20. The van der Waals surface area contributed by atoms with Gasteiger partial charge in [-0.1, -0.05) is 13.2 Å². The van der Waals surface area contributed by atoms with Crippen LogP contribution in [0.3, 0.4) is 0 Å². The van der Waals surface area contributed by atoms with Gasteiger partial charge in [0.1, 0.15) is 11.7 Å². The van der Waals surface area contributed by atoms with Crippen LogP contribution < -0.4 is 0 Å². The Labute approximate surface area is 106 Å². The van der Waals surface area contributed by atoms with Gasteiger partial charge in [-0.05, 0) is 19.8 Å². The highest BCUT2D eigenvalue weighted by atomic mass is 16.6. The van der Waals surface area contributed by atoms with Gasteiger partial charge in [0.05, 0.1) is 13.7 Å². The molecule has 1 aliphatic heterocycles. The van der Waals surface area contributed by atoms with Crippen molar-refractivity contribution in [3.05, 3.63) is 24.8 Å². The molecule has 1 heterocycles. The minimum atomic E-state index is -0.394. The van der Waals surface area contributed by atoms with Crippen LogP contribution in [-0.4, -0.2) is 37.4 Å². The molecular formula is C13H18O5. The van der Waals surface area contributed by atoms with Gasteiger partial charge in [-0.25, -0.2) is 9.59 Å². The van der Waals surface area contributed by atoms with Gasteiger partial charge in [0, 0.05) is 11.6 Å². The minimum absolute atomic E-state index is 0.167. The first-order valence-corrected chi connectivity index (χ1v) is 5.66. The van der Waals surface area contributed by atoms with Crippen LogP contribution in [0.4, 0.5) is 0 Å². The van der Waals surface area contributed by atoms with E-state index < -0.39 is 5.97 Å². The fourth-order valence-electron chi connectivity index (χ4n) is 1.32. The van der Waals surface area contributed by atoms with E-state index in [9.17, 15) is 9.59 Å². The molecule has 1 saturated carbocycles. The van der Waals surface area contributed by atoms with Crippen molar-refractivity contribution in [2.45, 2.75) is 31.5 Å². The summed E-state index contributed by atoms with van der Waals surface area (Å²) in [6.45, 7) is 9.09. The lowest BCUT2D eigenvalue weighted by atomic mass is 10.2. The number of epoxide rings is 1. The molecule has 0 bridgehead atoms. The molecule has 0 spiro atoms. The Balaban J connectivity index is 0.000000232. The number of carbonyl (C=O) groups is 2. The van der Waals surface area contributed by atoms with Gasteiger partial charge >= 0.3 is 11.9 Å². The zero-order valence-electron chi connectivity index (χ0n) is 10.7. The number of methoxy groups -OCH3 is 1. The fourth-order valence-corrected chi connectivity index (χ4v) is 1.32. The van der Waals surface area contributed by atoms with Crippen LogP contribution in [0.2, 0.25) is 0 Å². The second-order valence-corrected chi connectivity index (χ2v) is 4.28. The summed E-state index contributed by atoms with van der Waals surface area (Å²) in [6, 6.07) is 0. The van der Waals surface area contributed by atoms with Crippen molar-refractivity contribution in [3.63, 3.8) is 0 Å². The Kier molecular flexibility index (Phi) is 4.67. The molecule has 5 nitrogen and oxygen atoms in total. The largest absolute Gasteiger partial charge is 0.466 e. The lowest BCUT2D eigenvalue weighted by molar-refractivity contribution is -0.147. The van der Waals surface area contributed by atoms with Crippen molar-refractivity contribution in [1.29, 1.82) is 0 Å². The van der Waals surface area contributed by atoms with Crippen molar-refractivity contribution in [2.75, 3.05) is 13.7 Å². The standard InChI is InChI=1S/C9H12O3.C4H6O2/c1-6(2)8(10)12-9(3-4-9)7-5-11-7;1-3-4(5)6-2/h7H,1,3-5H2,2H3;3H,1H2,2H3. The smallest absolute Gasteiger partial charge is 0.333 e. The number of carbonyl (C=O) groups excluding carboxylic acids is 2. The number of rotatable bonds is 4. The summed E-state index contributed by atoms with van der Waals surface area (Å²) >= 11 is 0. The predicted octanol–water partition coefficient (Wildman–Crippen LogP) is 1.38. The van der Waals surface area contributed by atoms with Crippen molar-refractivity contribution in [3.8, 4) is 0 Å². The van der Waals surface area contributed by atoms with E-state index in [0.717, 1.165) is 25.5 Å². The Morgan fingerprint density at radius 3 is 2.22 bits per heavy atom. The summed E-state index contributed by atoms with van der Waals surface area (Å²) in [5, 5.41) is 0. The van der Waals surface area contributed by atoms with Crippen LogP contribution in [-0.2, 0) is 23.8 Å². The molecule has 0 aromatic carbocycles. The van der Waals surface area contributed by atoms with Gasteiger partial charge in [-0.2, -0.15) is 0 Å². The molecular weight excluding hydrogens is 236 g/mol. The number of hydrogen-bond acceptors (Lipinski definition) is 5. The van der Waals surface area contributed by atoms with Gasteiger partial charge in [0.2, 0.25) is 0 Å². The van der Waals surface area contributed by atoms with Crippen LogP contribution in [0.15, 0.2) is 24.8 Å². The molecule has 2 fully saturated rings. The molecule has 0 N–H and O–H groups in total. The summed E-state index contributed by atoms with van der Waals surface area (Å²) in [5.74, 6) is -0.682. The van der Waals surface area contributed by atoms with E-state index in [-0.39, 0.29) is 17.7 Å². The van der Waals surface area contributed by atoms with Crippen LogP contribution in [0, 0.1) is 0 Å². The van der Waals surface area contributed by atoms with Crippen LogP contribution in [0.5, 0.6) is 0 Å². The van der Waals surface area contributed by atoms with E-state index in [0.29, 0.717) is 5.57 Å². The number of ether oxygens (including phenoxy) is 3.